The highest BCUT2D eigenvalue weighted by Crippen LogP contribution is 2.29. The molecule has 0 atom stereocenters. The van der Waals surface area contributed by atoms with Crippen molar-refractivity contribution in [3.05, 3.63) is 95.6 Å². The van der Waals surface area contributed by atoms with Crippen LogP contribution in [0.4, 0.5) is 10.1 Å². The summed E-state index contributed by atoms with van der Waals surface area (Å²) in [5, 5.41) is 0.415. The molecule has 0 radical (unpaired) electrons. The third-order valence-corrected chi connectivity index (χ3v) is 6.66. The fourth-order valence-electron chi connectivity index (χ4n) is 4.13. The molecule has 1 saturated heterocycles. The second-order valence-electron chi connectivity index (χ2n) is 8.36. The number of amides is 1. The SMILES string of the molecule is COc1ccccc1N1CCN(C(=O)c2ccc(Oc3nc(Cc4ccc(F)cc4)ns3)cc2)CC1. The maximum absolute atomic E-state index is 13.1. The number of halogens is 1. The average Bonchev–Trinajstić information content (AvgIpc) is 3.36. The maximum Gasteiger partial charge on any atom is 0.298 e. The zero-order valence-corrected chi connectivity index (χ0v) is 20.6. The highest BCUT2D eigenvalue weighted by molar-refractivity contribution is 7.07. The van der Waals surface area contributed by atoms with E-state index in [1.54, 1.807) is 43.5 Å². The molecule has 3 aromatic carbocycles. The number of nitrogens with zero attached hydrogens (tertiary/aromatic N) is 4. The molecular weight excluding hydrogens is 479 g/mol. The predicted octanol–water partition coefficient (Wildman–Crippen LogP) is 5.03. The van der Waals surface area contributed by atoms with Gasteiger partial charge in [0, 0.05) is 49.7 Å². The summed E-state index contributed by atoms with van der Waals surface area (Å²) in [6, 6.07) is 21.3. The summed E-state index contributed by atoms with van der Waals surface area (Å²) in [7, 11) is 1.67. The van der Waals surface area contributed by atoms with Crippen molar-refractivity contribution < 1.29 is 18.7 Å². The minimum absolute atomic E-state index is 0.00118. The van der Waals surface area contributed by atoms with Crippen molar-refractivity contribution in [1.82, 2.24) is 14.3 Å². The van der Waals surface area contributed by atoms with Crippen LogP contribution in [0, 0.1) is 5.82 Å². The van der Waals surface area contributed by atoms with Crippen molar-refractivity contribution in [3.63, 3.8) is 0 Å². The Labute approximate surface area is 212 Å². The van der Waals surface area contributed by atoms with Crippen LogP contribution in [-0.4, -0.2) is 53.5 Å². The van der Waals surface area contributed by atoms with Gasteiger partial charge in [-0.05, 0) is 54.1 Å². The van der Waals surface area contributed by atoms with Crippen molar-refractivity contribution in [2.45, 2.75) is 6.42 Å². The first kappa shape index (κ1) is 23.7. The van der Waals surface area contributed by atoms with E-state index >= 15 is 0 Å². The summed E-state index contributed by atoms with van der Waals surface area (Å²) in [5.41, 5.74) is 2.58. The topological polar surface area (TPSA) is 67.8 Å². The fraction of sp³-hybridized carbons (Fsp3) is 0.222. The largest absolute Gasteiger partial charge is 0.495 e. The maximum atomic E-state index is 13.1. The monoisotopic (exact) mass is 504 g/mol. The zero-order chi connectivity index (χ0) is 24.9. The lowest BCUT2D eigenvalue weighted by Gasteiger charge is -2.36. The van der Waals surface area contributed by atoms with Crippen LogP contribution in [0.3, 0.4) is 0 Å². The summed E-state index contributed by atoms with van der Waals surface area (Å²) in [5.74, 6) is 1.76. The summed E-state index contributed by atoms with van der Waals surface area (Å²) < 4.78 is 28.7. The smallest absolute Gasteiger partial charge is 0.298 e. The molecule has 0 saturated carbocycles. The molecule has 2 heterocycles. The highest BCUT2D eigenvalue weighted by Gasteiger charge is 2.23. The van der Waals surface area contributed by atoms with Gasteiger partial charge < -0.3 is 19.3 Å². The van der Waals surface area contributed by atoms with Crippen LogP contribution in [0.1, 0.15) is 21.7 Å². The summed E-state index contributed by atoms with van der Waals surface area (Å²) in [6.45, 7) is 2.75. The minimum Gasteiger partial charge on any atom is -0.495 e. The second-order valence-corrected chi connectivity index (χ2v) is 9.07. The van der Waals surface area contributed by atoms with Crippen LogP contribution in [0.2, 0.25) is 0 Å². The third kappa shape index (κ3) is 5.46. The Bertz CT molecular complexity index is 1320. The van der Waals surface area contributed by atoms with Crippen LogP contribution in [0.15, 0.2) is 72.8 Å². The number of hydrogen-bond acceptors (Lipinski definition) is 7. The second kappa shape index (κ2) is 10.7. The van der Waals surface area contributed by atoms with Gasteiger partial charge in [-0.25, -0.2) is 4.39 Å². The standard InChI is InChI=1S/C27H25FN4O3S/c1-34-24-5-3-2-4-23(24)31-14-16-32(17-15-31)26(33)20-8-12-22(13-9-20)35-27-29-25(30-36-27)18-19-6-10-21(28)11-7-19/h2-13H,14-18H2,1H3. The first-order valence-corrected chi connectivity index (χ1v) is 12.4. The molecule has 1 aliphatic heterocycles. The number of para-hydroxylation sites is 2. The van der Waals surface area contributed by atoms with E-state index in [1.807, 2.05) is 29.2 Å². The molecule has 1 aliphatic rings. The lowest BCUT2D eigenvalue weighted by molar-refractivity contribution is 0.0746. The molecule has 4 aromatic rings. The van der Waals surface area contributed by atoms with Crippen molar-refractivity contribution >= 4 is 23.1 Å². The lowest BCUT2D eigenvalue weighted by Crippen LogP contribution is -2.48. The Morgan fingerprint density at radius 1 is 0.972 bits per heavy atom. The van der Waals surface area contributed by atoms with Gasteiger partial charge in [0.25, 0.3) is 11.1 Å². The number of piperazine rings is 1. The van der Waals surface area contributed by atoms with E-state index < -0.39 is 0 Å². The summed E-state index contributed by atoms with van der Waals surface area (Å²) >= 11 is 1.15. The van der Waals surface area contributed by atoms with Gasteiger partial charge in [0.2, 0.25) is 0 Å². The number of anilines is 1. The molecule has 1 amide bonds. The van der Waals surface area contributed by atoms with Gasteiger partial charge in [0.05, 0.1) is 12.8 Å². The van der Waals surface area contributed by atoms with Gasteiger partial charge in [0.1, 0.15) is 17.3 Å². The first-order chi connectivity index (χ1) is 17.6. The Morgan fingerprint density at radius 3 is 2.42 bits per heavy atom. The summed E-state index contributed by atoms with van der Waals surface area (Å²) in [4.78, 5) is 21.5. The summed E-state index contributed by atoms with van der Waals surface area (Å²) in [6.07, 6.45) is 0.498. The number of ether oxygens (including phenoxy) is 2. The van der Waals surface area contributed by atoms with E-state index in [9.17, 15) is 9.18 Å². The predicted molar refractivity (Wildman–Crippen MR) is 137 cm³/mol. The molecule has 0 aliphatic carbocycles. The Balaban J connectivity index is 1.16. The van der Waals surface area contributed by atoms with E-state index in [0.717, 1.165) is 41.6 Å². The number of carbonyl (C=O) groups excluding carboxylic acids is 1. The molecule has 7 nitrogen and oxygen atoms in total. The molecule has 36 heavy (non-hydrogen) atoms. The molecule has 5 rings (SSSR count). The van der Waals surface area contributed by atoms with Crippen LogP contribution >= 0.6 is 11.5 Å². The van der Waals surface area contributed by atoms with Crippen LogP contribution in [-0.2, 0) is 6.42 Å². The van der Waals surface area contributed by atoms with Crippen molar-refractivity contribution in [1.29, 1.82) is 0 Å². The number of hydrogen-bond donors (Lipinski definition) is 0. The number of carbonyl (C=O) groups is 1. The molecule has 0 bridgehead atoms. The van der Waals surface area contributed by atoms with Crippen LogP contribution in [0.5, 0.6) is 16.7 Å². The Kier molecular flexibility index (Phi) is 7.08. The van der Waals surface area contributed by atoms with Gasteiger partial charge in [-0.1, -0.05) is 24.3 Å². The molecule has 0 spiro atoms. The van der Waals surface area contributed by atoms with Crippen LogP contribution < -0.4 is 14.4 Å². The minimum atomic E-state index is -0.272. The van der Waals surface area contributed by atoms with Crippen LogP contribution in [0.25, 0.3) is 0 Å². The van der Waals surface area contributed by atoms with Gasteiger partial charge in [-0.2, -0.15) is 9.36 Å². The Hall–Kier alpha value is -3.98. The van der Waals surface area contributed by atoms with Crippen molar-refractivity contribution in [2.75, 3.05) is 38.2 Å². The van der Waals surface area contributed by atoms with E-state index in [2.05, 4.69) is 14.3 Å². The third-order valence-electron chi connectivity index (χ3n) is 6.02. The molecule has 0 N–H and O–H groups in total. The Morgan fingerprint density at radius 2 is 1.69 bits per heavy atom. The van der Waals surface area contributed by atoms with Gasteiger partial charge in [0.15, 0.2) is 5.82 Å². The average molecular weight is 505 g/mol. The quantitative estimate of drug-likeness (QED) is 0.352. The number of methoxy groups -OCH3 is 1. The molecule has 1 fully saturated rings. The highest BCUT2D eigenvalue weighted by atomic mass is 32.1. The zero-order valence-electron chi connectivity index (χ0n) is 19.8. The first-order valence-electron chi connectivity index (χ1n) is 11.6. The van der Waals surface area contributed by atoms with E-state index in [-0.39, 0.29) is 11.7 Å². The molecule has 0 unspecified atom stereocenters. The van der Waals surface area contributed by atoms with Crippen molar-refractivity contribution in [2.24, 2.45) is 0 Å². The van der Waals surface area contributed by atoms with Gasteiger partial charge >= 0.3 is 0 Å². The fourth-order valence-corrected chi connectivity index (χ4v) is 4.69. The van der Waals surface area contributed by atoms with Crippen molar-refractivity contribution in [3.8, 4) is 16.7 Å². The lowest BCUT2D eigenvalue weighted by atomic mass is 10.1. The molecular formula is C27H25FN4O3S. The normalized spacial score (nSPS) is 13.5. The van der Waals surface area contributed by atoms with Gasteiger partial charge in [-0.3, -0.25) is 4.79 Å². The molecule has 1 aromatic heterocycles. The number of aromatic nitrogens is 2. The molecule has 184 valence electrons. The van der Waals surface area contributed by atoms with Gasteiger partial charge in [-0.15, -0.1) is 0 Å². The van der Waals surface area contributed by atoms with E-state index in [1.165, 1.54) is 12.1 Å². The van der Waals surface area contributed by atoms with E-state index in [4.69, 9.17) is 9.47 Å². The van der Waals surface area contributed by atoms with E-state index in [0.29, 0.717) is 41.8 Å². The number of rotatable bonds is 7. The number of benzene rings is 3. The molecule has 9 heteroatoms.